The number of Topliss-reactive ketones (excluding diaryl/α,β-unsaturated/α-hetero) is 1. The summed E-state index contributed by atoms with van der Waals surface area (Å²) in [7, 11) is 0. The molecule has 0 aromatic heterocycles. The van der Waals surface area contributed by atoms with Crippen LogP contribution in [-0.2, 0) is 20.7 Å². The van der Waals surface area contributed by atoms with Crippen molar-refractivity contribution in [3.05, 3.63) is 53.6 Å². The first-order chi connectivity index (χ1) is 16.5. The fourth-order valence-corrected chi connectivity index (χ4v) is 4.03. The van der Waals surface area contributed by atoms with Crippen LogP contribution in [0, 0.1) is 0 Å². The van der Waals surface area contributed by atoms with Gasteiger partial charge in [0.25, 0.3) is 5.91 Å². The molecule has 34 heavy (non-hydrogen) atoms. The second-order valence-electron chi connectivity index (χ2n) is 8.32. The first kappa shape index (κ1) is 23.8. The van der Waals surface area contributed by atoms with E-state index in [-0.39, 0.29) is 30.8 Å². The largest absolute Gasteiger partial charge is 0.485 e. The zero-order valence-electron chi connectivity index (χ0n) is 19.5. The zero-order valence-corrected chi connectivity index (χ0v) is 19.5. The van der Waals surface area contributed by atoms with Crippen LogP contribution in [0.15, 0.2) is 42.5 Å². The van der Waals surface area contributed by atoms with E-state index in [4.69, 9.17) is 14.2 Å². The smallest absolute Gasteiger partial charge is 0.265 e. The van der Waals surface area contributed by atoms with Gasteiger partial charge in [-0.15, -0.1) is 0 Å². The molecule has 0 bridgehead atoms. The number of nitrogens with zero attached hydrogens (tertiary/aromatic N) is 2. The third kappa shape index (κ3) is 5.75. The quantitative estimate of drug-likeness (QED) is 0.529. The van der Waals surface area contributed by atoms with Crippen molar-refractivity contribution >= 4 is 23.3 Å². The molecule has 8 nitrogen and oxygen atoms in total. The Morgan fingerprint density at radius 3 is 2.56 bits per heavy atom. The lowest BCUT2D eigenvalue weighted by Gasteiger charge is -2.30. The van der Waals surface area contributed by atoms with Gasteiger partial charge in [-0.1, -0.05) is 19.1 Å². The summed E-state index contributed by atoms with van der Waals surface area (Å²) in [6.45, 7) is 4.63. The van der Waals surface area contributed by atoms with Gasteiger partial charge in [-0.25, -0.2) is 0 Å². The molecule has 2 heterocycles. The van der Waals surface area contributed by atoms with Crippen molar-refractivity contribution in [3.63, 3.8) is 0 Å². The number of rotatable bonds is 9. The van der Waals surface area contributed by atoms with Crippen LogP contribution in [0.4, 0.5) is 5.69 Å². The van der Waals surface area contributed by atoms with E-state index in [9.17, 15) is 14.4 Å². The number of hydrogen-bond acceptors (Lipinski definition) is 6. The maximum atomic E-state index is 12.8. The molecule has 2 amide bonds. The van der Waals surface area contributed by atoms with Gasteiger partial charge in [0.05, 0.1) is 18.9 Å². The highest BCUT2D eigenvalue weighted by molar-refractivity contribution is 6.02. The molecule has 2 aliphatic heterocycles. The third-order valence-corrected chi connectivity index (χ3v) is 6.06. The van der Waals surface area contributed by atoms with Crippen LogP contribution < -0.4 is 14.4 Å². The number of hydrogen-bond donors (Lipinski definition) is 0. The van der Waals surface area contributed by atoms with E-state index in [2.05, 4.69) is 6.92 Å². The van der Waals surface area contributed by atoms with Crippen molar-refractivity contribution in [2.24, 2.45) is 0 Å². The first-order valence-electron chi connectivity index (χ1n) is 11.7. The molecule has 0 N–H and O–H groups in total. The number of ether oxygens (including phenoxy) is 3. The van der Waals surface area contributed by atoms with E-state index in [1.807, 2.05) is 24.3 Å². The Morgan fingerprint density at radius 2 is 1.82 bits per heavy atom. The Hall–Kier alpha value is -3.39. The van der Waals surface area contributed by atoms with Crippen LogP contribution >= 0.6 is 0 Å². The van der Waals surface area contributed by atoms with Gasteiger partial charge in [-0.05, 0) is 48.7 Å². The molecule has 4 rings (SSSR count). The van der Waals surface area contributed by atoms with E-state index in [0.29, 0.717) is 68.4 Å². The minimum Gasteiger partial charge on any atom is -0.485 e. The predicted molar refractivity (Wildman–Crippen MR) is 127 cm³/mol. The Balaban J connectivity index is 1.37. The topological polar surface area (TPSA) is 85.4 Å². The fraction of sp³-hybridized carbons (Fsp3) is 0.423. The second-order valence-corrected chi connectivity index (χ2v) is 8.32. The Labute approximate surface area is 199 Å². The van der Waals surface area contributed by atoms with E-state index < -0.39 is 0 Å². The molecule has 0 saturated carbocycles. The number of fused-ring (bicyclic) bond motifs is 1. The summed E-state index contributed by atoms with van der Waals surface area (Å²) in [5.41, 5.74) is 2.19. The van der Waals surface area contributed by atoms with Gasteiger partial charge >= 0.3 is 0 Å². The molecule has 0 radical (unpaired) electrons. The predicted octanol–water partition coefficient (Wildman–Crippen LogP) is 2.88. The molecule has 0 atom stereocenters. The molecule has 2 aromatic rings. The molecule has 8 heteroatoms. The Morgan fingerprint density at radius 1 is 1.06 bits per heavy atom. The van der Waals surface area contributed by atoms with E-state index in [1.165, 1.54) is 5.56 Å². The summed E-state index contributed by atoms with van der Waals surface area (Å²) >= 11 is 0. The summed E-state index contributed by atoms with van der Waals surface area (Å²) in [6, 6.07) is 12.7. The van der Waals surface area contributed by atoms with Crippen molar-refractivity contribution < 1.29 is 28.6 Å². The average Bonchev–Trinajstić information content (AvgIpc) is 2.89. The van der Waals surface area contributed by atoms with E-state index >= 15 is 0 Å². The Bertz CT molecular complexity index is 1030. The number of carbonyl (C=O) groups is 3. The molecule has 0 spiro atoms. The summed E-state index contributed by atoms with van der Waals surface area (Å²) < 4.78 is 16.5. The summed E-state index contributed by atoms with van der Waals surface area (Å²) in [6.07, 6.45) is 1.81. The monoisotopic (exact) mass is 466 g/mol. The summed E-state index contributed by atoms with van der Waals surface area (Å²) in [5.74, 6) is 0.864. The highest BCUT2D eigenvalue weighted by Crippen LogP contribution is 2.33. The number of benzene rings is 2. The molecule has 1 fully saturated rings. The van der Waals surface area contributed by atoms with Crippen molar-refractivity contribution in [2.45, 2.75) is 26.2 Å². The van der Waals surface area contributed by atoms with Gasteiger partial charge in [-0.2, -0.15) is 0 Å². The van der Waals surface area contributed by atoms with Gasteiger partial charge in [0.15, 0.2) is 19.0 Å². The standard InChI is InChI=1S/C26H30N2O6/c1-2-19-5-8-21(9-6-19)33-17-23(29)20-7-10-24-22(16-20)28(26(31)18-34-24)11-3-4-25(30)27-12-14-32-15-13-27/h5-10,16H,2-4,11-15,17-18H2,1H3. The van der Waals surface area contributed by atoms with Crippen LogP contribution in [0.1, 0.15) is 35.7 Å². The molecule has 2 aromatic carbocycles. The number of morpholine rings is 1. The van der Waals surface area contributed by atoms with Gasteiger partial charge in [0.2, 0.25) is 5.91 Å². The molecule has 2 aliphatic rings. The van der Waals surface area contributed by atoms with E-state index in [0.717, 1.165) is 6.42 Å². The van der Waals surface area contributed by atoms with Crippen molar-refractivity contribution in [1.82, 2.24) is 4.90 Å². The SMILES string of the molecule is CCc1ccc(OCC(=O)c2ccc3c(c2)N(CCCC(=O)N2CCOCC2)C(=O)CO3)cc1. The number of aryl methyl sites for hydroxylation is 1. The van der Waals surface area contributed by atoms with Crippen molar-refractivity contribution in [2.75, 3.05) is 51.0 Å². The minimum atomic E-state index is -0.192. The number of carbonyl (C=O) groups excluding carboxylic acids is 3. The average molecular weight is 467 g/mol. The van der Waals surface area contributed by atoms with Gasteiger partial charge in [-0.3, -0.25) is 14.4 Å². The zero-order chi connectivity index (χ0) is 23.9. The van der Waals surface area contributed by atoms with E-state index in [1.54, 1.807) is 28.0 Å². The van der Waals surface area contributed by atoms with Crippen LogP contribution in [0.5, 0.6) is 11.5 Å². The van der Waals surface area contributed by atoms with Crippen LogP contribution in [0.2, 0.25) is 0 Å². The highest BCUT2D eigenvalue weighted by Gasteiger charge is 2.27. The highest BCUT2D eigenvalue weighted by atomic mass is 16.5. The molecule has 0 aliphatic carbocycles. The van der Waals surface area contributed by atoms with Crippen LogP contribution in [0.25, 0.3) is 0 Å². The minimum absolute atomic E-state index is 0.0609. The molecular formula is C26H30N2O6. The van der Waals surface area contributed by atoms with Crippen molar-refractivity contribution in [1.29, 1.82) is 0 Å². The molecule has 0 unspecified atom stereocenters. The first-order valence-corrected chi connectivity index (χ1v) is 11.7. The molecular weight excluding hydrogens is 436 g/mol. The second kappa shape index (κ2) is 11.2. The fourth-order valence-electron chi connectivity index (χ4n) is 4.03. The summed E-state index contributed by atoms with van der Waals surface area (Å²) in [5, 5.41) is 0. The number of anilines is 1. The third-order valence-electron chi connectivity index (χ3n) is 6.06. The van der Waals surface area contributed by atoms with Gasteiger partial charge < -0.3 is 24.0 Å². The van der Waals surface area contributed by atoms with Gasteiger partial charge in [0.1, 0.15) is 11.5 Å². The lowest BCUT2D eigenvalue weighted by molar-refractivity contribution is -0.135. The Kier molecular flexibility index (Phi) is 7.80. The molecule has 180 valence electrons. The normalized spacial score (nSPS) is 15.5. The van der Waals surface area contributed by atoms with Crippen LogP contribution in [-0.4, -0.2) is 68.6 Å². The number of amides is 2. The molecule has 1 saturated heterocycles. The maximum Gasteiger partial charge on any atom is 0.265 e. The van der Waals surface area contributed by atoms with Crippen LogP contribution in [0.3, 0.4) is 0 Å². The maximum absolute atomic E-state index is 12.8. The summed E-state index contributed by atoms with van der Waals surface area (Å²) in [4.78, 5) is 41.1. The number of ketones is 1. The lowest BCUT2D eigenvalue weighted by atomic mass is 10.1. The van der Waals surface area contributed by atoms with Crippen molar-refractivity contribution in [3.8, 4) is 11.5 Å². The van der Waals surface area contributed by atoms with Gasteiger partial charge in [0, 0.05) is 31.6 Å². The lowest BCUT2D eigenvalue weighted by Crippen LogP contribution is -2.42.